The van der Waals surface area contributed by atoms with Gasteiger partial charge in [0.1, 0.15) is 17.5 Å². The Morgan fingerprint density at radius 3 is 2.71 bits per heavy atom. The second-order valence-corrected chi connectivity index (χ2v) is 9.83. The van der Waals surface area contributed by atoms with E-state index in [2.05, 4.69) is 11.9 Å². The Morgan fingerprint density at radius 1 is 1.20 bits per heavy atom. The van der Waals surface area contributed by atoms with Crippen LogP contribution in [0, 0.1) is 0 Å². The van der Waals surface area contributed by atoms with Crippen molar-refractivity contribution in [2.75, 3.05) is 18.5 Å². The number of anilines is 1. The molecule has 1 N–H and O–H groups in total. The number of halogens is 1. The zero-order chi connectivity index (χ0) is 25.4. The maximum Gasteiger partial charge on any atom is 0.598 e. The fraction of sp³-hybridized carbons (Fsp3) is 0.280. The van der Waals surface area contributed by atoms with Gasteiger partial charge in [-0.3, -0.25) is 0 Å². The molecule has 0 amide bonds. The average Bonchev–Trinajstić information content (AvgIpc) is 3.30. The number of benzene rings is 2. The van der Waals surface area contributed by atoms with E-state index in [1.807, 2.05) is 6.92 Å². The lowest BCUT2D eigenvalue weighted by molar-refractivity contribution is -0.144. The van der Waals surface area contributed by atoms with E-state index in [4.69, 9.17) is 14.0 Å². The molecule has 1 aromatic heterocycles. The van der Waals surface area contributed by atoms with E-state index in [1.165, 1.54) is 35.6 Å². The second-order valence-electron chi connectivity index (χ2n) is 7.54. The largest absolute Gasteiger partial charge is 0.598 e. The van der Waals surface area contributed by atoms with Crippen molar-refractivity contribution in [1.29, 1.82) is 0 Å². The summed E-state index contributed by atoms with van der Waals surface area (Å²) in [6.45, 7) is 7.43. The Kier molecular flexibility index (Phi) is 9.34. The minimum absolute atomic E-state index is 0.0950. The number of ether oxygens (including phenoxy) is 2. The Balaban J connectivity index is 1.72. The van der Waals surface area contributed by atoms with Crippen LogP contribution in [-0.2, 0) is 18.8 Å². The highest BCUT2D eigenvalue weighted by Gasteiger charge is 2.37. The van der Waals surface area contributed by atoms with Gasteiger partial charge >= 0.3 is 25.9 Å². The van der Waals surface area contributed by atoms with Crippen LogP contribution in [0.1, 0.15) is 41.4 Å². The molecule has 184 valence electrons. The zero-order valence-corrected chi connectivity index (χ0v) is 21.1. The van der Waals surface area contributed by atoms with E-state index in [0.29, 0.717) is 29.0 Å². The van der Waals surface area contributed by atoms with Crippen molar-refractivity contribution < 1.29 is 32.5 Å². The van der Waals surface area contributed by atoms with E-state index in [-0.39, 0.29) is 17.9 Å². The van der Waals surface area contributed by atoms with Gasteiger partial charge in [0.05, 0.1) is 12.3 Å². The molecule has 3 atom stereocenters. The van der Waals surface area contributed by atoms with Crippen LogP contribution < -0.4 is 9.84 Å². The number of carbonyl (C=O) groups excluding carboxylic acids is 2. The molecule has 0 fully saturated rings. The summed E-state index contributed by atoms with van der Waals surface area (Å²) in [4.78, 5) is 24.5. The molecule has 3 rings (SSSR count). The van der Waals surface area contributed by atoms with Gasteiger partial charge in [0.2, 0.25) is 5.75 Å². The summed E-state index contributed by atoms with van der Waals surface area (Å²) < 4.78 is 44.3. The quantitative estimate of drug-likeness (QED) is 0.160. The lowest BCUT2D eigenvalue weighted by Gasteiger charge is -2.15. The van der Waals surface area contributed by atoms with Crippen LogP contribution in [0.3, 0.4) is 0 Å². The highest BCUT2D eigenvalue weighted by Crippen LogP contribution is 2.46. The van der Waals surface area contributed by atoms with Gasteiger partial charge in [-0.15, -0.1) is 11.3 Å². The molecule has 0 aliphatic carbocycles. The van der Waals surface area contributed by atoms with Gasteiger partial charge in [0.25, 0.3) is 0 Å². The average molecular weight is 519 g/mol. The Morgan fingerprint density at radius 2 is 1.97 bits per heavy atom. The number of hydrogen-bond acceptors (Lipinski definition) is 8. The normalized spacial score (nSPS) is 12.9. The highest BCUT2D eigenvalue weighted by atomic mass is 32.1. The molecule has 0 bridgehead atoms. The molecular formula is C25H26FNO6PS+. The van der Waals surface area contributed by atoms with Gasteiger partial charge in [-0.05, 0) is 53.6 Å². The van der Waals surface area contributed by atoms with E-state index >= 15 is 4.39 Å². The molecule has 0 saturated heterocycles. The first-order valence-corrected chi connectivity index (χ1v) is 13.0. The fourth-order valence-corrected chi connectivity index (χ4v) is 4.85. The number of thiophene rings is 1. The smallest absolute Gasteiger partial charge is 0.464 e. The van der Waals surface area contributed by atoms with Crippen molar-refractivity contribution in [2.24, 2.45) is 0 Å². The molecule has 7 nitrogen and oxygen atoms in total. The molecule has 1 heterocycles. The van der Waals surface area contributed by atoms with Crippen molar-refractivity contribution in [1.82, 2.24) is 0 Å². The molecule has 0 radical (unpaired) electrons. The third kappa shape index (κ3) is 6.87. The summed E-state index contributed by atoms with van der Waals surface area (Å²) in [6.07, 6.45) is 2.18. The summed E-state index contributed by atoms with van der Waals surface area (Å²) in [5, 5.41) is 3.59. The van der Waals surface area contributed by atoms with Gasteiger partial charge in [-0.2, -0.15) is 4.39 Å². The van der Waals surface area contributed by atoms with Crippen molar-refractivity contribution in [3.63, 3.8) is 0 Å². The summed E-state index contributed by atoms with van der Waals surface area (Å²) in [5.41, 5.74) is 0.546. The predicted octanol–water partition coefficient (Wildman–Crippen LogP) is 6.79. The number of hydrogen-bond donors (Lipinski definition) is 1. The van der Waals surface area contributed by atoms with Crippen LogP contribution in [0.25, 0.3) is 10.1 Å². The fourth-order valence-electron chi connectivity index (χ4n) is 3.07. The number of nitrogens with one attached hydrogen (secondary N) is 1. The summed E-state index contributed by atoms with van der Waals surface area (Å²) in [5.74, 6) is -2.69. The lowest BCUT2D eigenvalue weighted by Crippen LogP contribution is -2.28. The number of carbonyl (C=O) groups is 2. The summed E-state index contributed by atoms with van der Waals surface area (Å²) in [6, 6.07) is 12.2. The SMILES string of the molecule is C=CCOC(=O)c1cc2cc([C@@H](F)[P+](=O)Oc3ccccc3NC(C)C(=O)OCCC)ccc2s1. The van der Waals surface area contributed by atoms with Crippen LogP contribution in [0.15, 0.2) is 61.2 Å². The van der Waals surface area contributed by atoms with Crippen molar-refractivity contribution in [3.8, 4) is 5.75 Å². The van der Waals surface area contributed by atoms with Gasteiger partial charge in [0, 0.05) is 10.3 Å². The van der Waals surface area contributed by atoms with Crippen molar-refractivity contribution >= 4 is 47.1 Å². The molecule has 10 heteroatoms. The molecule has 0 aliphatic rings. The van der Waals surface area contributed by atoms with Gasteiger partial charge in [-0.25, -0.2) is 14.1 Å². The van der Waals surface area contributed by atoms with Crippen LogP contribution in [0.5, 0.6) is 5.75 Å². The standard InChI is InChI=1S/C25H26FNO6PS/c1-4-12-31-24(28)16(3)27-19-8-6-7-9-20(19)33-34(30)23(26)17-10-11-21-18(14-17)15-22(35-21)25(29)32-13-5-2/h5-11,14-16,23,27H,2,4,12-13H2,1,3H3/q+1/t16?,23-/m0/s1. The maximum atomic E-state index is 15.1. The first-order valence-electron chi connectivity index (χ1n) is 11.0. The zero-order valence-electron chi connectivity index (χ0n) is 19.4. The lowest BCUT2D eigenvalue weighted by atomic mass is 10.2. The van der Waals surface area contributed by atoms with E-state index in [9.17, 15) is 14.2 Å². The van der Waals surface area contributed by atoms with Gasteiger partial charge in [0.15, 0.2) is 0 Å². The Bertz CT molecular complexity index is 1230. The molecule has 35 heavy (non-hydrogen) atoms. The number of fused-ring (bicyclic) bond motifs is 1. The number of esters is 2. The summed E-state index contributed by atoms with van der Waals surface area (Å²) in [7, 11) is -2.80. The van der Waals surface area contributed by atoms with Crippen LogP contribution in [0.2, 0.25) is 0 Å². The van der Waals surface area contributed by atoms with Crippen LogP contribution >= 0.6 is 19.4 Å². The van der Waals surface area contributed by atoms with Crippen LogP contribution in [-0.4, -0.2) is 31.2 Å². The second kappa shape index (κ2) is 12.4. The molecule has 0 spiro atoms. The Labute approximate surface area is 207 Å². The summed E-state index contributed by atoms with van der Waals surface area (Å²) >= 11 is 1.22. The van der Waals surface area contributed by atoms with Crippen molar-refractivity contribution in [2.45, 2.75) is 32.2 Å². The van der Waals surface area contributed by atoms with Crippen molar-refractivity contribution in [3.05, 3.63) is 71.6 Å². The van der Waals surface area contributed by atoms with E-state index in [1.54, 1.807) is 37.3 Å². The van der Waals surface area contributed by atoms with Gasteiger partial charge < -0.3 is 14.8 Å². The molecular weight excluding hydrogens is 492 g/mol. The Hall–Kier alpha value is -3.29. The maximum absolute atomic E-state index is 15.1. The first kappa shape index (κ1) is 26.3. The monoisotopic (exact) mass is 518 g/mol. The molecule has 2 aromatic carbocycles. The third-order valence-corrected chi connectivity index (χ3v) is 6.92. The minimum atomic E-state index is -2.80. The topological polar surface area (TPSA) is 90.9 Å². The molecule has 3 aromatic rings. The van der Waals surface area contributed by atoms with E-state index in [0.717, 1.165) is 4.70 Å². The first-order chi connectivity index (χ1) is 16.8. The third-order valence-electron chi connectivity index (χ3n) is 4.78. The molecule has 0 aliphatic heterocycles. The highest BCUT2D eigenvalue weighted by molar-refractivity contribution is 7.39. The minimum Gasteiger partial charge on any atom is -0.464 e. The van der Waals surface area contributed by atoms with E-state index < -0.39 is 31.9 Å². The molecule has 2 unspecified atom stereocenters. The number of alkyl halides is 1. The number of para-hydroxylation sites is 2. The van der Waals surface area contributed by atoms with Gasteiger partial charge in [-0.1, -0.05) is 37.8 Å². The number of rotatable bonds is 12. The molecule has 0 saturated carbocycles. The van der Waals surface area contributed by atoms with Crippen LogP contribution in [0.4, 0.5) is 10.1 Å². The predicted molar refractivity (Wildman–Crippen MR) is 135 cm³/mol.